The summed E-state index contributed by atoms with van der Waals surface area (Å²) < 4.78 is 6.12. The van der Waals surface area contributed by atoms with Crippen molar-refractivity contribution in [1.29, 1.82) is 0 Å². The lowest BCUT2D eigenvalue weighted by molar-refractivity contribution is 0.146. The molecule has 3 rings (SSSR count). The molecule has 2 aromatic rings. The lowest BCUT2D eigenvalue weighted by Gasteiger charge is -2.16. The van der Waals surface area contributed by atoms with E-state index in [0.717, 1.165) is 42.3 Å². The maximum Gasteiger partial charge on any atom is 0.407 e. The van der Waals surface area contributed by atoms with Gasteiger partial charge in [-0.25, -0.2) is 4.79 Å². The highest BCUT2D eigenvalue weighted by Crippen LogP contribution is 2.29. The molecule has 0 aliphatic carbocycles. The van der Waals surface area contributed by atoms with Crippen LogP contribution >= 0.6 is 0 Å². The number of carbonyl (C=O) groups is 1. The molecule has 1 atom stereocenters. The summed E-state index contributed by atoms with van der Waals surface area (Å²) in [5, 5.41) is 10.1. The Labute approximate surface area is 135 Å². The number of nitrogens with zero attached hydrogens (tertiary/aromatic N) is 2. The molecule has 1 aliphatic rings. The summed E-state index contributed by atoms with van der Waals surface area (Å²) >= 11 is 0. The van der Waals surface area contributed by atoms with Crippen molar-refractivity contribution in [1.82, 2.24) is 9.88 Å². The largest absolute Gasteiger partial charge is 0.486 e. The van der Waals surface area contributed by atoms with Crippen molar-refractivity contribution in [2.24, 2.45) is 0 Å². The quantitative estimate of drug-likeness (QED) is 0.914. The highest BCUT2D eigenvalue weighted by molar-refractivity contribution is 5.85. The average molecular weight is 314 g/mol. The molecule has 122 valence electrons. The van der Waals surface area contributed by atoms with Crippen molar-refractivity contribution in [2.75, 3.05) is 13.1 Å². The highest BCUT2D eigenvalue weighted by Gasteiger charge is 2.27. The van der Waals surface area contributed by atoms with Gasteiger partial charge in [-0.2, -0.15) is 0 Å². The monoisotopic (exact) mass is 314 g/mol. The fourth-order valence-corrected chi connectivity index (χ4v) is 3.01. The van der Waals surface area contributed by atoms with Gasteiger partial charge in [0.05, 0.1) is 6.54 Å². The van der Waals surface area contributed by atoms with E-state index in [1.54, 1.807) is 6.20 Å². The van der Waals surface area contributed by atoms with Crippen molar-refractivity contribution in [2.45, 2.75) is 38.7 Å². The standard InChI is InChI=1S/C18H22N2O3/c1-2-3-5-13-10-14-6-4-8-19-17(14)16(11-13)23-15-7-9-20(12-15)18(21)22/h4,6,8,10-11,15H,2-3,5,7,9,12H2,1H3,(H,21,22)/t15-/m1/s1. The zero-order valence-electron chi connectivity index (χ0n) is 13.4. The Morgan fingerprint density at radius 2 is 2.35 bits per heavy atom. The molecule has 0 bridgehead atoms. The summed E-state index contributed by atoms with van der Waals surface area (Å²) in [5.74, 6) is 0.770. The smallest absolute Gasteiger partial charge is 0.407 e. The summed E-state index contributed by atoms with van der Waals surface area (Å²) in [6.07, 6.45) is 4.81. The molecular formula is C18H22N2O3. The van der Waals surface area contributed by atoms with Crippen molar-refractivity contribution in [3.05, 3.63) is 36.0 Å². The van der Waals surface area contributed by atoms with E-state index in [1.165, 1.54) is 10.5 Å². The van der Waals surface area contributed by atoms with Gasteiger partial charge in [-0.3, -0.25) is 4.98 Å². The molecule has 1 fully saturated rings. The Kier molecular flexibility index (Phi) is 4.65. The molecule has 0 radical (unpaired) electrons. The third-order valence-corrected chi connectivity index (χ3v) is 4.26. The lowest BCUT2D eigenvalue weighted by atomic mass is 10.0. The predicted molar refractivity (Wildman–Crippen MR) is 89.0 cm³/mol. The maximum atomic E-state index is 11.0. The van der Waals surface area contributed by atoms with Crippen molar-refractivity contribution in [3.63, 3.8) is 0 Å². The van der Waals surface area contributed by atoms with Crippen LogP contribution in [0.25, 0.3) is 10.9 Å². The van der Waals surface area contributed by atoms with Crippen LogP contribution in [0.4, 0.5) is 4.79 Å². The molecule has 0 saturated carbocycles. The van der Waals surface area contributed by atoms with E-state index in [1.807, 2.05) is 12.1 Å². The molecule has 1 saturated heterocycles. The Hall–Kier alpha value is -2.30. The summed E-state index contributed by atoms with van der Waals surface area (Å²) in [5.41, 5.74) is 2.09. The first-order chi connectivity index (χ1) is 11.2. The molecule has 1 N–H and O–H groups in total. The lowest BCUT2D eigenvalue weighted by Crippen LogP contribution is -2.29. The Bertz CT molecular complexity index is 702. The number of ether oxygens (including phenoxy) is 1. The van der Waals surface area contributed by atoms with Crippen LogP contribution in [0.3, 0.4) is 0 Å². The first kappa shape index (κ1) is 15.6. The number of aromatic nitrogens is 1. The van der Waals surface area contributed by atoms with Crippen LogP contribution in [0.2, 0.25) is 0 Å². The molecule has 5 heteroatoms. The number of benzene rings is 1. The molecule has 1 amide bonds. The van der Waals surface area contributed by atoms with Gasteiger partial charge in [-0.1, -0.05) is 19.4 Å². The van der Waals surface area contributed by atoms with Crippen molar-refractivity contribution >= 4 is 17.0 Å². The Morgan fingerprint density at radius 1 is 1.48 bits per heavy atom. The number of likely N-dealkylation sites (tertiary alicyclic amines) is 1. The van der Waals surface area contributed by atoms with Gasteiger partial charge in [0.1, 0.15) is 17.4 Å². The van der Waals surface area contributed by atoms with E-state index in [0.29, 0.717) is 13.1 Å². The molecule has 23 heavy (non-hydrogen) atoms. The average Bonchev–Trinajstić information content (AvgIpc) is 3.02. The third-order valence-electron chi connectivity index (χ3n) is 4.26. The van der Waals surface area contributed by atoms with Crippen LogP contribution in [0.5, 0.6) is 5.75 Å². The van der Waals surface area contributed by atoms with Crippen LogP contribution in [0, 0.1) is 0 Å². The molecule has 5 nitrogen and oxygen atoms in total. The second-order valence-electron chi connectivity index (χ2n) is 6.03. The molecule has 2 heterocycles. The van der Waals surface area contributed by atoms with Gasteiger partial charge in [0.25, 0.3) is 0 Å². The van der Waals surface area contributed by atoms with E-state index < -0.39 is 6.09 Å². The number of fused-ring (bicyclic) bond motifs is 1. The highest BCUT2D eigenvalue weighted by atomic mass is 16.5. The van der Waals surface area contributed by atoms with E-state index >= 15 is 0 Å². The summed E-state index contributed by atoms with van der Waals surface area (Å²) in [4.78, 5) is 16.9. The molecule has 0 unspecified atom stereocenters. The number of pyridine rings is 1. The van der Waals surface area contributed by atoms with Gasteiger partial charge in [-0.15, -0.1) is 0 Å². The predicted octanol–water partition coefficient (Wildman–Crippen LogP) is 3.71. The summed E-state index contributed by atoms with van der Waals surface area (Å²) in [6, 6.07) is 8.21. The minimum absolute atomic E-state index is 0.0993. The first-order valence-corrected chi connectivity index (χ1v) is 8.19. The van der Waals surface area contributed by atoms with E-state index in [-0.39, 0.29) is 6.10 Å². The van der Waals surface area contributed by atoms with Crippen molar-refractivity contribution in [3.8, 4) is 5.75 Å². The molecule has 1 aliphatic heterocycles. The van der Waals surface area contributed by atoms with E-state index in [2.05, 4.69) is 24.0 Å². The second-order valence-corrected chi connectivity index (χ2v) is 6.03. The van der Waals surface area contributed by atoms with Gasteiger partial charge in [-0.05, 0) is 36.6 Å². The maximum absolute atomic E-state index is 11.0. The van der Waals surface area contributed by atoms with Crippen molar-refractivity contribution < 1.29 is 14.6 Å². The topological polar surface area (TPSA) is 62.7 Å². The van der Waals surface area contributed by atoms with Gasteiger partial charge >= 0.3 is 6.09 Å². The fraction of sp³-hybridized carbons (Fsp3) is 0.444. The number of carboxylic acid groups (broad SMARTS) is 1. The van der Waals surface area contributed by atoms with Crippen LogP contribution in [-0.2, 0) is 6.42 Å². The zero-order valence-corrected chi connectivity index (χ0v) is 13.4. The summed E-state index contributed by atoms with van der Waals surface area (Å²) in [7, 11) is 0. The summed E-state index contributed by atoms with van der Waals surface area (Å²) in [6.45, 7) is 3.13. The van der Waals surface area contributed by atoms with E-state index in [9.17, 15) is 4.79 Å². The molecular weight excluding hydrogens is 292 g/mol. The van der Waals surface area contributed by atoms with Gasteiger partial charge in [0.2, 0.25) is 0 Å². The zero-order chi connectivity index (χ0) is 16.2. The first-order valence-electron chi connectivity index (χ1n) is 8.19. The number of hydrogen-bond acceptors (Lipinski definition) is 3. The van der Waals surface area contributed by atoms with E-state index in [4.69, 9.17) is 9.84 Å². The van der Waals surface area contributed by atoms with Crippen LogP contribution < -0.4 is 4.74 Å². The number of aryl methyl sites for hydroxylation is 1. The number of rotatable bonds is 5. The normalized spacial score (nSPS) is 17.6. The minimum atomic E-state index is -0.879. The van der Waals surface area contributed by atoms with Crippen LogP contribution in [0.1, 0.15) is 31.7 Å². The molecule has 1 aromatic carbocycles. The SMILES string of the molecule is CCCCc1cc(O[C@@H]2CCN(C(=O)O)C2)c2ncccc2c1. The van der Waals surface area contributed by atoms with Gasteiger partial charge in [0.15, 0.2) is 0 Å². The van der Waals surface area contributed by atoms with Gasteiger partial charge < -0.3 is 14.7 Å². The Morgan fingerprint density at radius 3 is 3.09 bits per heavy atom. The van der Waals surface area contributed by atoms with Crippen LogP contribution in [-0.4, -0.2) is 40.3 Å². The number of amides is 1. The molecule has 0 spiro atoms. The fourth-order valence-electron chi connectivity index (χ4n) is 3.01. The Balaban J connectivity index is 1.85. The number of hydrogen-bond donors (Lipinski definition) is 1. The molecule has 1 aromatic heterocycles. The third kappa shape index (κ3) is 3.55. The van der Waals surface area contributed by atoms with Gasteiger partial charge in [0, 0.05) is 24.5 Å². The second kappa shape index (κ2) is 6.86. The minimum Gasteiger partial charge on any atom is -0.486 e. The number of unbranched alkanes of at least 4 members (excludes halogenated alkanes) is 1. The van der Waals surface area contributed by atoms with Crippen LogP contribution in [0.15, 0.2) is 30.5 Å².